The molecule has 104 valence electrons. The van der Waals surface area contributed by atoms with Gasteiger partial charge in [-0.05, 0) is 36.4 Å². The summed E-state index contributed by atoms with van der Waals surface area (Å²) in [7, 11) is 0. The Hall–Kier alpha value is -2.95. The molecule has 0 aliphatic rings. The van der Waals surface area contributed by atoms with E-state index in [4.69, 9.17) is 0 Å². The highest BCUT2D eigenvalue weighted by atomic mass is 19.1. The summed E-state index contributed by atoms with van der Waals surface area (Å²) < 4.78 is 12.9. The van der Waals surface area contributed by atoms with E-state index >= 15 is 0 Å². The molecule has 1 aromatic heterocycles. The van der Waals surface area contributed by atoms with Gasteiger partial charge in [-0.2, -0.15) is 0 Å². The molecule has 0 radical (unpaired) electrons. The van der Waals surface area contributed by atoms with E-state index in [9.17, 15) is 14.3 Å². The molecule has 0 saturated carbocycles. The predicted molar refractivity (Wildman–Crippen MR) is 77.8 cm³/mol. The van der Waals surface area contributed by atoms with E-state index in [-0.39, 0.29) is 5.56 Å². The standard InChI is InChI=1S/C16H11FN2O2/c17-10-6-7-12(15(20)9-10)16(21)19-14-5-1-4-13-11(14)3-2-8-18-13/h1-9,20H,(H,19,21). The molecule has 0 aliphatic carbocycles. The topological polar surface area (TPSA) is 62.2 Å². The van der Waals surface area contributed by atoms with Crippen LogP contribution in [0.25, 0.3) is 10.9 Å². The SMILES string of the molecule is O=C(Nc1cccc2ncccc12)c1ccc(F)cc1O. The summed E-state index contributed by atoms with van der Waals surface area (Å²) >= 11 is 0. The maximum absolute atomic E-state index is 12.9. The Morgan fingerprint density at radius 3 is 2.81 bits per heavy atom. The molecule has 2 N–H and O–H groups in total. The van der Waals surface area contributed by atoms with E-state index in [1.165, 1.54) is 6.07 Å². The van der Waals surface area contributed by atoms with Gasteiger partial charge in [-0.15, -0.1) is 0 Å². The number of hydrogen-bond acceptors (Lipinski definition) is 3. The molecule has 0 aliphatic heterocycles. The molecule has 3 aromatic rings. The van der Waals surface area contributed by atoms with Gasteiger partial charge in [0.2, 0.25) is 0 Å². The lowest BCUT2D eigenvalue weighted by molar-refractivity contribution is 0.102. The number of nitrogens with one attached hydrogen (secondary N) is 1. The number of aromatic nitrogens is 1. The average Bonchev–Trinajstić information content (AvgIpc) is 2.47. The minimum absolute atomic E-state index is 0.0114. The van der Waals surface area contributed by atoms with Gasteiger partial charge >= 0.3 is 0 Å². The van der Waals surface area contributed by atoms with Gasteiger partial charge in [-0.3, -0.25) is 9.78 Å². The number of anilines is 1. The molecule has 0 atom stereocenters. The summed E-state index contributed by atoms with van der Waals surface area (Å²) in [5.74, 6) is -1.51. The van der Waals surface area contributed by atoms with Gasteiger partial charge in [-0.25, -0.2) is 4.39 Å². The van der Waals surface area contributed by atoms with Gasteiger partial charge < -0.3 is 10.4 Å². The quantitative estimate of drug-likeness (QED) is 0.757. The molecule has 0 saturated heterocycles. The van der Waals surface area contributed by atoms with E-state index in [0.717, 1.165) is 23.0 Å². The van der Waals surface area contributed by atoms with Crippen LogP contribution in [0.4, 0.5) is 10.1 Å². The summed E-state index contributed by atoms with van der Waals surface area (Å²) in [4.78, 5) is 16.4. The average molecular weight is 282 g/mol. The summed E-state index contributed by atoms with van der Waals surface area (Å²) in [6, 6.07) is 12.2. The first kappa shape index (κ1) is 13.1. The second-order valence-electron chi connectivity index (χ2n) is 4.49. The lowest BCUT2D eigenvalue weighted by Crippen LogP contribution is -2.12. The third-order valence-electron chi connectivity index (χ3n) is 3.10. The van der Waals surface area contributed by atoms with Crippen molar-refractivity contribution in [3.05, 3.63) is 66.1 Å². The van der Waals surface area contributed by atoms with Gasteiger partial charge in [0.05, 0.1) is 16.8 Å². The Labute approximate surface area is 119 Å². The highest BCUT2D eigenvalue weighted by Crippen LogP contribution is 2.24. The molecule has 0 unspecified atom stereocenters. The monoisotopic (exact) mass is 282 g/mol. The number of rotatable bonds is 2. The summed E-state index contributed by atoms with van der Waals surface area (Å²) in [5, 5.41) is 13.1. The van der Waals surface area contributed by atoms with Gasteiger partial charge in [-0.1, -0.05) is 6.07 Å². The Morgan fingerprint density at radius 1 is 1.14 bits per heavy atom. The first-order valence-electron chi connectivity index (χ1n) is 6.29. The normalized spacial score (nSPS) is 10.5. The Bertz CT molecular complexity index is 828. The van der Waals surface area contributed by atoms with Crippen LogP contribution in [-0.2, 0) is 0 Å². The van der Waals surface area contributed by atoms with Gasteiger partial charge in [0.25, 0.3) is 5.91 Å². The zero-order chi connectivity index (χ0) is 14.8. The van der Waals surface area contributed by atoms with Crippen molar-refractivity contribution >= 4 is 22.5 Å². The molecular formula is C16H11FN2O2. The number of halogens is 1. The number of fused-ring (bicyclic) bond motifs is 1. The minimum atomic E-state index is -0.599. The number of nitrogens with zero attached hydrogens (tertiary/aromatic N) is 1. The molecule has 2 aromatic carbocycles. The van der Waals surface area contributed by atoms with E-state index < -0.39 is 17.5 Å². The molecule has 1 heterocycles. The second kappa shape index (κ2) is 5.20. The van der Waals surface area contributed by atoms with Crippen LogP contribution in [0.3, 0.4) is 0 Å². The fraction of sp³-hybridized carbons (Fsp3) is 0. The maximum Gasteiger partial charge on any atom is 0.259 e. The summed E-state index contributed by atoms with van der Waals surface area (Å²) in [6.45, 7) is 0. The van der Waals surface area contributed by atoms with E-state index in [1.54, 1.807) is 24.4 Å². The van der Waals surface area contributed by atoms with E-state index in [1.807, 2.05) is 12.1 Å². The fourth-order valence-electron chi connectivity index (χ4n) is 2.10. The lowest BCUT2D eigenvalue weighted by atomic mass is 10.1. The predicted octanol–water partition coefficient (Wildman–Crippen LogP) is 3.33. The van der Waals surface area contributed by atoms with Gasteiger partial charge in [0.15, 0.2) is 0 Å². The van der Waals surface area contributed by atoms with Crippen LogP contribution < -0.4 is 5.32 Å². The number of phenolic OH excluding ortho intramolecular Hbond substituents is 1. The molecular weight excluding hydrogens is 271 g/mol. The van der Waals surface area contributed by atoms with Crippen LogP contribution in [-0.4, -0.2) is 16.0 Å². The first-order chi connectivity index (χ1) is 10.1. The smallest absolute Gasteiger partial charge is 0.259 e. The molecule has 0 spiro atoms. The summed E-state index contributed by atoms with van der Waals surface area (Å²) in [6.07, 6.45) is 1.67. The number of carbonyl (C=O) groups is 1. The lowest BCUT2D eigenvalue weighted by Gasteiger charge is -2.09. The highest BCUT2D eigenvalue weighted by molar-refractivity contribution is 6.09. The Kier molecular flexibility index (Phi) is 3.23. The molecule has 5 heteroatoms. The first-order valence-corrected chi connectivity index (χ1v) is 6.29. The van der Waals surface area contributed by atoms with Crippen LogP contribution in [0, 0.1) is 5.82 Å². The summed E-state index contributed by atoms with van der Waals surface area (Å²) in [5.41, 5.74) is 1.34. The molecule has 21 heavy (non-hydrogen) atoms. The molecule has 1 amide bonds. The largest absolute Gasteiger partial charge is 0.507 e. The zero-order valence-electron chi connectivity index (χ0n) is 10.9. The zero-order valence-corrected chi connectivity index (χ0v) is 10.9. The number of carbonyl (C=O) groups excluding carboxylic acids is 1. The molecule has 4 nitrogen and oxygen atoms in total. The maximum atomic E-state index is 12.9. The third kappa shape index (κ3) is 2.53. The number of phenols is 1. The van der Waals surface area contributed by atoms with E-state index in [0.29, 0.717) is 5.69 Å². The Balaban J connectivity index is 1.97. The van der Waals surface area contributed by atoms with Crippen molar-refractivity contribution in [1.82, 2.24) is 4.98 Å². The van der Waals surface area contributed by atoms with E-state index in [2.05, 4.69) is 10.3 Å². The van der Waals surface area contributed by atoms with Crippen molar-refractivity contribution in [3.8, 4) is 5.75 Å². The number of benzene rings is 2. The van der Waals surface area contributed by atoms with Crippen molar-refractivity contribution in [1.29, 1.82) is 0 Å². The number of aromatic hydroxyl groups is 1. The number of hydrogen-bond donors (Lipinski definition) is 2. The van der Waals surface area contributed by atoms with Gasteiger partial charge in [0.1, 0.15) is 11.6 Å². The van der Waals surface area contributed by atoms with Crippen molar-refractivity contribution in [2.24, 2.45) is 0 Å². The molecule has 0 fully saturated rings. The van der Waals surface area contributed by atoms with Crippen molar-refractivity contribution in [2.45, 2.75) is 0 Å². The number of amides is 1. The van der Waals surface area contributed by atoms with Crippen LogP contribution >= 0.6 is 0 Å². The molecule has 0 bridgehead atoms. The van der Waals surface area contributed by atoms with Gasteiger partial charge in [0, 0.05) is 17.6 Å². The second-order valence-corrected chi connectivity index (χ2v) is 4.49. The van der Waals surface area contributed by atoms with Crippen LogP contribution in [0.1, 0.15) is 10.4 Å². The van der Waals surface area contributed by atoms with Crippen LogP contribution in [0.15, 0.2) is 54.7 Å². The fourth-order valence-corrected chi connectivity index (χ4v) is 2.10. The Morgan fingerprint density at radius 2 is 2.00 bits per heavy atom. The van der Waals surface area contributed by atoms with Crippen molar-refractivity contribution < 1.29 is 14.3 Å². The minimum Gasteiger partial charge on any atom is -0.507 e. The van der Waals surface area contributed by atoms with Crippen molar-refractivity contribution in [3.63, 3.8) is 0 Å². The van der Waals surface area contributed by atoms with Crippen molar-refractivity contribution in [2.75, 3.05) is 5.32 Å². The third-order valence-corrected chi connectivity index (χ3v) is 3.10. The van der Waals surface area contributed by atoms with Crippen LogP contribution in [0.5, 0.6) is 5.75 Å². The van der Waals surface area contributed by atoms with Crippen LogP contribution in [0.2, 0.25) is 0 Å². The molecule has 3 rings (SSSR count). The highest BCUT2D eigenvalue weighted by Gasteiger charge is 2.13. The number of pyridine rings is 1.